The molecule has 0 unspecified atom stereocenters. The molecule has 19 heavy (non-hydrogen) atoms. The molecular weight excluding hydrogens is 238 g/mol. The molecule has 0 atom stereocenters. The number of phenols is 1. The lowest BCUT2D eigenvalue weighted by Gasteiger charge is -2.06. The Bertz CT molecular complexity index is 698. The third-order valence-electron chi connectivity index (χ3n) is 3.31. The van der Waals surface area contributed by atoms with Crippen LogP contribution in [-0.4, -0.2) is 14.8 Å². The van der Waals surface area contributed by atoms with Crippen molar-refractivity contribution in [2.75, 3.05) is 0 Å². The minimum absolute atomic E-state index is 0.0685. The van der Waals surface area contributed by atoms with Crippen molar-refractivity contribution in [1.29, 1.82) is 0 Å². The van der Waals surface area contributed by atoms with Crippen LogP contribution < -0.4 is 0 Å². The van der Waals surface area contributed by atoms with Gasteiger partial charge in [-0.1, -0.05) is 18.2 Å². The second kappa shape index (κ2) is 4.78. The maximum atomic E-state index is 9.28. The first-order valence-corrected chi connectivity index (χ1v) is 6.23. The third-order valence-corrected chi connectivity index (χ3v) is 3.31. The van der Waals surface area contributed by atoms with Crippen LogP contribution in [0.5, 0.6) is 5.75 Å². The molecule has 0 aliphatic rings. The molecule has 1 aromatic heterocycles. The molecule has 0 saturated carbocycles. The maximum Gasteiger partial charge on any atom is 0.115 e. The van der Waals surface area contributed by atoms with Crippen LogP contribution in [0.25, 0.3) is 10.9 Å². The molecule has 2 aromatic carbocycles. The fourth-order valence-corrected chi connectivity index (χ4v) is 2.28. The van der Waals surface area contributed by atoms with Gasteiger partial charge in [0.15, 0.2) is 0 Å². The van der Waals surface area contributed by atoms with Gasteiger partial charge in [-0.05, 0) is 46.8 Å². The lowest BCUT2D eigenvalue weighted by Crippen LogP contribution is -1.97. The molecule has 3 aromatic rings. The summed E-state index contributed by atoms with van der Waals surface area (Å²) in [5.41, 5.74) is 3.21. The number of hydrogen-bond acceptors (Lipinski definition) is 2. The molecule has 0 bridgehead atoms. The second-order valence-corrected chi connectivity index (χ2v) is 4.66. The minimum Gasteiger partial charge on any atom is -0.508 e. The number of hydrogen-bond donors (Lipinski definition) is 2. The molecule has 0 spiro atoms. The summed E-state index contributed by atoms with van der Waals surface area (Å²) in [6, 6.07) is 15.3. The predicted octanol–water partition coefficient (Wildman–Crippen LogP) is 2.89. The Kier molecular flexibility index (Phi) is 2.97. The minimum atomic E-state index is 0.0685. The van der Waals surface area contributed by atoms with Gasteiger partial charge in [0, 0.05) is 18.3 Å². The molecule has 1 heterocycles. The maximum absolute atomic E-state index is 9.28. The van der Waals surface area contributed by atoms with Crippen LogP contribution in [-0.2, 0) is 13.2 Å². The Morgan fingerprint density at radius 3 is 2.37 bits per heavy atom. The molecular formula is C16H15NO2. The van der Waals surface area contributed by atoms with Crippen LogP contribution >= 0.6 is 0 Å². The van der Waals surface area contributed by atoms with Crippen LogP contribution in [0.3, 0.4) is 0 Å². The quantitative estimate of drug-likeness (QED) is 0.754. The van der Waals surface area contributed by atoms with E-state index in [2.05, 4.69) is 10.6 Å². The lowest BCUT2D eigenvalue weighted by atomic mass is 10.1. The number of fused-ring (bicyclic) bond motifs is 1. The van der Waals surface area contributed by atoms with Gasteiger partial charge >= 0.3 is 0 Å². The van der Waals surface area contributed by atoms with Crippen molar-refractivity contribution < 1.29 is 10.2 Å². The molecule has 0 aliphatic carbocycles. The van der Waals surface area contributed by atoms with Crippen LogP contribution in [0.1, 0.15) is 11.1 Å². The van der Waals surface area contributed by atoms with Crippen LogP contribution in [0.15, 0.2) is 54.7 Å². The van der Waals surface area contributed by atoms with Crippen molar-refractivity contribution >= 4 is 10.9 Å². The van der Waals surface area contributed by atoms with E-state index in [0.717, 1.165) is 28.6 Å². The Balaban J connectivity index is 1.95. The van der Waals surface area contributed by atoms with Gasteiger partial charge in [-0.25, -0.2) is 0 Å². The number of aliphatic hydroxyl groups is 1. The van der Waals surface area contributed by atoms with E-state index in [0.29, 0.717) is 0 Å². The zero-order chi connectivity index (χ0) is 13.2. The van der Waals surface area contributed by atoms with E-state index in [4.69, 9.17) is 5.11 Å². The smallest absolute Gasteiger partial charge is 0.115 e. The molecule has 0 fully saturated rings. The predicted molar refractivity (Wildman–Crippen MR) is 75.1 cm³/mol. The summed E-state index contributed by atoms with van der Waals surface area (Å²) in [4.78, 5) is 0. The molecule has 3 nitrogen and oxygen atoms in total. The number of rotatable bonds is 3. The fourth-order valence-electron chi connectivity index (χ4n) is 2.28. The van der Waals surface area contributed by atoms with Crippen molar-refractivity contribution in [3.05, 3.63) is 65.9 Å². The lowest BCUT2D eigenvalue weighted by molar-refractivity contribution is 0.282. The Hall–Kier alpha value is -2.26. The highest BCUT2D eigenvalue weighted by atomic mass is 16.3. The van der Waals surface area contributed by atoms with Gasteiger partial charge in [0.05, 0.1) is 6.61 Å². The van der Waals surface area contributed by atoms with Crippen LogP contribution in [0.4, 0.5) is 0 Å². The Morgan fingerprint density at radius 2 is 1.63 bits per heavy atom. The molecule has 3 heteroatoms. The summed E-state index contributed by atoms with van der Waals surface area (Å²) in [6.07, 6.45) is 2.04. The summed E-state index contributed by atoms with van der Waals surface area (Å²) in [5.74, 6) is 0.286. The van der Waals surface area contributed by atoms with E-state index in [1.165, 1.54) is 0 Å². The molecule has 0 aliphatic heterocycles. The van der Waals surface area contributed by atoms with Crippen molar-refractivity contribution in [2.45, 2.75) is 13.2 Å². The van der Waals surface area contributed by atoms with Gasteiger partial charge in [0.1, 0.15) is 5.75 Å². The highest BCUT2D eigenvalue weighted by Gasteiger charge is 2.03. The number of benzene rings is 2. The van der Waals surface area contributed by atoms with Crippen LogP contribution in [0, 0.1) is 0 Å². The number of aromatic nitrogens is 1. The average Bonchev–Trinajstić information content (AvgIpc) is 2.83. The standard InChI is InChI=1S/C16H15NO2/c18-11-13-3-6-16-14(9-13)7-8-17(16)10-12-1-4-15(19)5-2-12/h1-9,18-19H,10-11H2. The summed E-state index contributed by atoms with van der Waals surface area (Å²) < 4.78 is 2.16. The fraction of sp³-hybridized carbons (Fsp3) is 0.125. The topological polar surface area (TPSA) is 45.4 Å². The Labute approximate surface area is 111 Å². The van der Waals surface area contributed by atoms with E-state index < -0.39 is 0 Å². The summed E-state index contributed by atoms with van der Waals surface area (Å²) in [7, 11) is 0. The molecule has 2 N–H and O–H groups in total. The first kappa shape index (κ1) is 11.8. The number of aromatic hydroxyl groups is 1. The first-order valence-electron chi connectivity index (χ1n) is 6.23. The van der Waals surface area contributed by atoms with E-state index in [1.54, 1.807) is 12.1 Å². The normalized spacial score (nSPS) is 11.0. The van der Waals surface area contributed by atoms with Gasteiger partial charge in [-0.3, -0.25) is 0 Å². The van der Waals surface area contributed by atoms with E-state index in [9.17, 15) is 5.11 Å². The van der Waals surface area contributed by atoms with Gasteiger partial charge < -0.3 is 14.8 Å². The van der Waals surface area contributed by atoms with Crippen molar-refractivity contribution in [1.82, 2.24) is 4.57 Å². The van der Waals surface area contributed by atoms with Gasteiger partial charge in [-0.2, -0.15) is 0 Å². The monoisotopic (exact) mass is 253 g/mol. The van der Waals surface area contributed by atoms with Gasteiger partial charge in [-0.15, -0.1) is 0 Å². The Morgan fingerprint density at radius 1 is 0.895 bits per heavy atom. The SMILES string of the molecule is OCc1ccc2c(ccn2Cc2ccc(O)cc2)c1. The first-order chi connectivity index (χ1) is 9.26. The van der Waals surface area contributed by atoms with Gasteiger partial charge in [0.2, 0.25) is 0 Å². The van der Waals surface area contributed by atoms with Crippen molar-refractivity contribution in [2.24, 2.45) is 0 Å². The molecule has 96 valence electrons. The molecule has 0 saturated heterocycles. The van der Waals surface area contributed by atoms with Crippen LogP contribution in [0.2, 0.25) is 0 Å². The molecule has 3 rings (SSSR count). The number of aliphatic hydroxyl groups excluding tert-OH is 1. The highest BCUT2D eigenvalue weighted by molar-refractivity contribution is 5.81. The van der Waals surface area contributed by atoms with E-state index >= 15 is 0 Å². The number of nitrogens with zero attached hydrogens (tertiary/aromatic N) is 1. The molecule has 0 radical (unpaired) electrons. The van der Waals surface area contributed by atoms with Crippen molar-refractivity contribution in [3.63, 3.8) is 0 Å². The number of phenolic OH excluding ortho intramolecular Hbond substituents is 1. The van der Waals surface area contributed by atoms with Crippen molar-refractivity contribution in [3.8, 4) is 5.75 Å². The third kappa shape index (κ3) is 2.33. The summed E-state index contributed by atoms with van der Waals surface area (Å²) in [6.45, 7) is 0.835. The zero-order valence-corrected chi connectivity index (χ0v) is 10.5. The summed E-state index contributed by atoms with van der Waals surface area (Å²) in [5, 5.41) is 19.5. The largest absolute Gasteiger partial charge is 0.508 e. The molecule has 0 amide bonds. The van der Waals surface area contributed by atoms with E-state index in [-0.39, 0.29) is 12.4 Å². The van der Waals surface area contributed by atoms with E-state index in [1.807, 2.05) is 36.5 Å². The average molecular weight is 253 g/mol. The zero-order valence-electron chi connectivity index (χ0n) is 10.5. The van der Waals surface area contributed by atoms with Gasteiger partial charge in [0.25, 0.3) is 0 Å². The summed E-state index contributed by atoms with van der Waals surface area (Å²) >= 11 is 0. The highest BCUT2D eigenvalue weighted by Crippen LogP contribution is 2.19. The second-order valence-electron chi connectivity index (χ2n) is 4.66.